The molecule has 82 valence electrons. The molecular weight excluding hydrogens is 172 g/mol. The monoisotopic (exact) mass is 196 g/mol. The van der Waals surface area contributed by atoms with Gasteiger partial charge in [0.25, 0.3) is 0 Å². The lowest BCUT2D eigenvalue weighted by atomic mass is 9.78. The van der Waals surface area contributed by atoms with Gasteiger partial charge in [0, 0.05) is 0 Å². The highest BCUT2D eigenvalue weighted by Crippen LogP contribution is 2.30. The van der Waals surface area contributed by atoms with Crippen LogP contribution in [0.4, 0.5) is 0 Å². The topological polar surface area (TPSA) is 20.2 Å². The summed E-state index contributed by atoms with van der Waals surface area (Å²) < 4.78 is 0. The Labute approximate surface area is 88.5 Å². The number of allylic oxidation sites excluding steroid dienone is 3. The highest BCUT2D eigenvalue weighted by molar-refractivity contribution is 5.11. The Balaban J connectivity index is 4.26. The maximum absolute atomic E-state index is 9.96. The highest BCUT2D eigenvalue weighted by atomic mass is 16.3. The predicted molar refractivity (Wildman–Crippen MR) is 63.2 cm³/mol. The number of hydrogen-bond donors (Lipinski definition) is 1. The van der Waals surface area contributed by atoms with Crippen LogP contribution in [0.2, 0.25) is 0 Å². The molecule has 0 aromatic rings. The Bertz CT molecular complexity index is 211. The molecule has 0 aromatic carbocycles. The molecule has 0 rings (SSSR count). The first kappa shape index (κ1) is 13.4. The van der Waals surface area contributed by atoms with E-state index in [-0.39, 0.29) is 11.5 Å². The van der Waals surface area contributed by atoms with Crippen molar-refractivity contribution >= 4 is 0 Å². The van der Waals surface area contributed by atoms with E-state index in [1.165, 1.54) is 0 Å². The molecule has 1 unspecified atom stereocenters. The molecule has 0 spiro atoms. The maximum atomic E-state index is 9.96. The summed E-state index contributed by atoms with van der Waals surface area (Å²) in [5.74, 6) is 0.309. The standard InChI is InChI=1S/C13H24O/c1-10(2)8-7-9-13(5,6)12(14)11(3)4/h7-8,11-12,14H,1,9H2,2-6H3/b8-7+. The number of aliphatic hydroxyl groups is 1. The van der Waals surface area contributed by atoms with Crippen LogP contribution in [0.5, 0.6) is 0 Å². The van der Waals surface area contributed by atoms with Crippen molar-refractivity contribution in [2.45, 2.75) is 47.1 Å². The van der Waals surface area contributed by atoms with E-state index in [4.69, 9.17) is 0 Å². The SMILES string of the molecule is C=C(C)/C=C/CC(C)(C)C(O)C(C)C. The summed E-state index contributed by atoms with van der Waals surface area (Å²) in [6.45, 7) is 14.1. The van der Waals surface area contributed by atoms with Gasteiger partial charge in [-0.05, 0) is 24.7 Å². The molecule has 1 atom stereocenters. The molecule has 0 saturated heterocycles. The van der Waals surface area contributed by atoms with Crippen LogP contribution in [0.1, 0.15) is 41.0 Å². The van der Waals surface area contributed by atoms with Crippen molar-refractivity contribution in [3.63, 3.8) is 0 Å². The second-order valence-electron chi connectivity index (χ2n) is 5.13. The second-order valence-corrected chi connectivity index (χ2v) is 5.13. The van der Waals surface area contributed by atoms with Crippen LogP contribution in [0, 0.1) is 11.3 Å². The Kier molecular flexibility index (Phi) is 5.14. The lowest BCUT2D eigenvalue weighted by Crippen LogP contribution is -2.33. The van der Waals surface area contributed by atoms with E-state index in [2.05, 4.69) is 40.3 Å². The molecule has 0 amide bonds. The molecule has 0 radical (unpaired) electrons. The largest absolute Gasteiger partial charge is 0.392 e. The maximum Gasteiger partial charge on any atom is 0.0616 e. The molecule has 0 bridgehead atoms. The van der Waals surface area contributed by atoms with Crippen LogP contribution in [0.25, 0.3) is 0 Å². The number of aliphatic hydroxyl groups excluding tert-OH is 1. The van der Waals surface area contributed by atoms with Crippen LogP contribution in [0.3, 0.4) is 0 Å². The first-order valence-electron chi connectivity index (χ1n) is 5.27. The van der Waals surface area contributed by atoms with E-state index in [1.54, 1.807) is 0 Å². The van der Waals surface area contributed by atoms with Crippen molar-refractivity contribution in [2.24, 2.45) is 11.3 Å². The predicted octanol–water partition coefficient (Wildman–Crippen LogP) is 3.55. The average molecular weight is 196 g/mol. The molecule has 14 heavy (non-hydrogen) atoms. The van der Waals surface area contributed by atoms with E-state index in [0.29, 0.717) is 5.92 Å². The quantitative estimate of drug-likeness (QED) is 0.667. The molecule has 0 fully saturated rings. The lowest BCUT2D eigenvalue weighted by Gasteiger charge is -2.32. The molecule has 1 heteroatoms. The van der Waals surface area contributed by atoms with Gasteiger partial charge < -0.3 is 5.11 Å². The van der Waals surface area contributed by atoms with Gasteiger partial charge in [0.1, 0.15) is 0 Å². The highest BCUT2D eigenvalue weighted by Gasteiger charge is 2.28. The number of rotatable bonds is 5. The van der Waals surface area contributed by atoms with Crippen LogP contribution < -0.4 is 0 Å². The van der Waals surface area contributed by atoms with Gasteiger partial charge in [0.05, 0.1) is 6.10 Å². The smallest absolute Gasteiger partial charge is 0.0616 e. The van der Waals surface area contributed by atoms with Crippen molar-refractivity contribution < 1.29 is 5.11 Å². The Hall–Kier alpha value is -0.560. The zero-order valence-electron chi connectivity index (χ0n) is 10.2. The van der Waals surface area contributed by atoms with Gasteiger partial charge in [-0.1, -0.05) is 52.0 Å². The zero-order chi connectivity index (χ0) is 11.4. The first-order chi connectivity index (χ1) is 6.27. The van der Waals surface area contributed by atoms with Gasteiger partial charge in [-0.3, -0.25) is 0 Å². The zero-order valence-corrected chi connectivity index (χ0v) is 10.2. The third-order valence-electron chi connectivity index (χ3n) is 2.48. The summed E-state index contributed by atoms with van der Waals surface area (Å²) in [5, 5.41) is 9.96. The van der Waals surface area contributed by atoms with Gasteiger partial charge >= 0.3 is 0 Å². The Morgan fingerprint density at radius 2 is 1.93 bits per heavy atom. The van der Waals surface area contributed by atoms with E-state index in [0.717, 1.165) is 12.0 Å². The van der Waals surface area contributed by atoms with E-state index < -0.39 is 0 Å². The van der Waals surface area contributed by atoms with Crippen LogP contribution in [-0.2, 0) is 0 Å². The van der Waals surface area contributed by atoms with Crippen LogP contribution in [0.15, 0.2) is 24.3 Å². The molecule has 0 aliphatic carbocycles. The van der Waals surface area contributed by atoms with Crippen molar-refractivity contribution in [1.29, 1.82) is 0 Å². The second kappa shape index (κ2) is 5.35. The van der Waals surface area contributed by atoms with Crippen molar-refractivity contribution in [2.75, 3.05) is 0 Å². The summed E-state index contributed by atoms with van der Waals surface area (Å²) in [6, 6.07) is 0. The summed E-state index contributed by atoms with van der Waals surface area (Å²) in [6.07, 6.45) is 4.74. The Morgan fingerprint density at radius 3 is 2.29 bits per heavy atom. The summed E-state index contributed by atoms with van der Waals surface area (Å²) in [5.41, 5.74) is 1.000. The van der Waals surface area contributed by atoms with Crippen LogP contribution >= 0.6 is 0 Å². The first-order valence-corrected chi connectivity index (χ1v) is 5.27. The fourth-order valence-electron chi connectivity index (χ4n) is 1.59. The van der Waals surface area contributed by atoms with Gasteiger partial charge in [0.2, 0.25) is 0 Å². The summed E-state index contributed by atoms with van der Waals surface area (Å²) in [7, 11) is 0. The summed E-state index contributed by atoms with van der Waals surface area (Å²) >= 11 is 0. The lowest BCUT2D eigenvalue weighted by molar-refractivity contribution is 0.0150. The van der Waals surface area contributed by atoms with Gasteiger partial charge in [-0.25, -0.2) is 0 Å². The molecule has 0 aromatic heterocycles. The molecule has 0 aliphatic rings. The third-order valence-corrected chi connectivity index (χ3v) is 2.48. The fourth-order valence-corrected chi connectivity index (χ4v) is 1.59. The molecule has 0 aliphatic heterocycles. The molecule has 1 N–H and O–H groups in total. The van der Waals surface area contributed by atoms with E-state index in [1.807, 2.05) is 13.0 Å². The Morgan fingerprint density at radius 1 is 1.43 bits per heavy atom. The minimum Gasteiger partial charge on any atom is -0.392 e. The van der Waals surface area contributed by atoms with E-state index in [9.17, 15) is 5.11 Å². The van der Waals surface area contributed by atoms with E-state index >= 15 is 0 Å². The van der Waals surface area contributed by atoms with Crippen molar-refractivity contribution in [3.05, 3.63) is 24.3 Å². The molecule has 0 saturated carbocycles. The average Bonchev–Trinajstić information content (AvgIpc) is 2.01. The number of hydrogen-bond acceptors (Lipinski definition) is 1. The summed E-state index contributed by atoms with van der Waals surface area (Å²) in [4.78, 5) is 0. The molecular formula is C13H24O. The molecule has 0 heterocycles. The normalized spacial score (nSPS) is 15.1. The van der Waals surface area contributed by atoms with Crippen molar-refractivity contribution in [3.8, 4) is 0 Å². The third kappa shape index (κ3) is 4.61. The molecule has 1 nitrogen and oxygen atoms in total. The fraction of sp³-hybridized carbons (Fsp3) is 0.692. The minimum absolute atomic E-state index is 0.0554. The van der Waals surface area contributed by atoms with Crippen molar-refractivity contribution in [1.82, 2.24) is 0 Å². The minimum atomic E-state index is -0.253. The van der Waals surface area contributed by atoms with Gasteiger partial charge in [0.15, 0.2) is 0 Å². The van der Waals surface area contributed by atoms with Gasteiger partial charge in [-0.15, -0.1) is 0 Å². The van der Waals surface area contributed by atoms with Gasteiger partial charge in [-0.2, -0.15) is 0 Å². The van der Waals surface area contributed by atoms with Crippen LogP contribution in [-0.4, -0.2) is 11.2 Å².